The molecule has 1 nitrogen and oxygen atoms in total. The van der Waals surface area contributed by atoms with Gasteiger partial charge in [-0.2, -0.15) is 0 Å². The highest BCUT2D eigenvalue weighted by molar-refractivity contribution is 5.75. The maximum Gasteiger partial charge on any atom is 0.167 e. The highest BCUT2D eigenvalue weighted by atomic mass is 19.2. The van der Waals surface area contributed by atoms with E-state index in [0.29, 0.717) is 11.1 Å². The summed E-state index contributed by atoms with van der Waals surface area (Å²) in [7, 11) is 0. The quantitative estimate of drug-likeness (QED) is 0.185. The first-order valence-corrected chi connectivity index (χ1v) is 13.8. The third-order valence-corrected chi connectivity index (χ3v) is 7.28. The fourth-order valence-corrected chi connectivity index (χ4v) is 5.05. The van der Waals surface area contributed by atoms with E-state index in [2.05, 4.69) is 13.8 Å². The molecule has 0 radical (unpaired) electrons. The van der Waals surface area contributed by atoms with Gasteiger partial charge in [0.2, 0.25) is 0 Å². The summed E-state index contributed by atoms with van der Waals surface area (Å²) in [6, 6.07) is 18.9. The molecule has 0 aliphatic rings. The van der Waals surface area contributed by atoms with Gasteiger partial charge in [-0.25, -0.2) is 13.2 Å². The molecule has 4 aromatic carbocycles. The first kappa shape index (κ1) is 28.5. The number of halogens is 3. The Bertz CT molecular complexity index is 1420. The van der Waals surface area contributed by atoms with Crippen LogP contribution in [0, 0.1) is 38.2 Å². The summed E-state index contributed by atoms with van der Waals surface area (Å²) < 4.78 is 52.1. The van der Waals surface area contributed by atoms with Crippen molar-refractivity contribution in [1.82, 2.24) is 0 Å². The second kappa shape index (κ2) is 12.5. The lowest BCUT2D eigenvalue weighted by molar-refractivity contribution is 0.203. The molecule has 39 heavy (non-hydrogen) atoms. The van der Waals surface area contributed by atoms with Crippen LogP contribution in [-0.4, -0.2) is 6.10 Å². The Kier molecular flexibility index (Phi) is 9.16. The highest BCUT2D eigenvalue weighted by Crippen LogP contribution is 2.37. The molecular formula is C35H37F3O. The van der Waals surface area contributed by atoms with Crippen molar-refractivity contribution in [2.75, 3.05) is 0 Å². The number of hydrogen-bond acceptors (Lipinski definition) is 1. The van der Waals surface area contributed by atoms with Crippen LogP contribution in [0.4, 0.5) is 13.2 Å². The van der Waals surface area contributed by atoms with E-state index in [1.807, 2.05) is 57.2 Å². The lowest BCUT2D eigenvalue weighted by Gasteiger charge is -2.20. The van der Waals surface area contributed by atoms with E-state index in [-0.39, 0.29) is 22.8 Å². The van der Waals surface area contributed by atoms with E-state index in [1.165, 1.54) is 43.5 Å². The summed E-state index contributed by atoms with van der Waals surface area (Å²) in [5.74, 6) is -1.87. The molecule has 4 heteroatoms. The van der Waals surface area contributed by atoms with Crippen LogP contribution in [0.5, 0.6) is 5.75 Å². The van der Waals surface area contributed by atoms with Gasteiger partial charge < -0.3 is 4.74 Å². The maximum absolute atomic E-state index is 15.4. The zero-order valence-corrected chi connectivity index (χ0v) is 23.5. The zero-order chi connectivity index (χ0) is 28.1. The van der Waals surface area contributed by atoms with Crippen LogP contribution < -0.4 is 4.74 Å². The van der Waals surface area contributed by atoms with Crippen LogP contribution in [0.15, 0.2) is 66.7 Å². The molecule has 0 fully saturated rings. The summed E-state index contributed by atoms with van der Waals surface area (Å²) in [5, 5.41) is 0. The first-order valence-electron chi connectivity index (χ1n) is 13.8. The fourth-order valence-electron chi connectivity index (χ4n) is 5.05. The van der Waals surface area contributed by atoms with E-state index in [9.17, 15) is 0 Å². The van der Waals surface area contributed by atoms with Gasteiger partial charge in [-0.15, -0.1) is 0 Å². The van der Waals surface area contributed by atoms with Crippen molar-refractivity contribution >= 4 is 0 Å². The molecule has 4 aromatic rings. The summed E-state index contributed by atoms with van der Waals surface area (Å²) in [4.78, 5) is 0. The molecule has 0 spiro atoms. The molecule has 0 saturated carbocycles. The van der Waals surface area contributed by atoms with Crippen molar-refractivity contribution in [2.24, 2.45) is 0 Å². The predicted octanol–water partition coefficient (Wildman–Crippen LogP) is 10.8. The Hall–Kier alpha value is -3.53. The molecule has 0 saturated heterocycles. The van der Waals surface area contributed by atoms with Gasteiger partial charge in [0.25, 0.3) is 0 Å². The molecule has 0 heterocycles. The topological polar surface area (TPSA) is 9.23 Å². The van der Waals surface area contributed by atoms with Crippen molar-refractivity contribution < 1.29 is 17.9 Å². The van der Waals surface area contributed by atoms with Crippen molar-refractivity contribution in [1.29, 1.82) is 0 Å². The highest BCUT2D eigenvalue weighted by Gasteiger charge is 2.20. The van der Waals surface area contributed by atoms with Crippen LogP contribution >= 0.6 is 0 Å². The Morgan fingerprint density at radius 1 is 0.641 bits per heavy atom. The molecule has 204 valence electrons. The van der Waals surface area contributed by atoms with Gasteiger partial charge in [-0.1, -0.05) is 80.3 Å². The monoisotopic (exact) mass is 530 g/mol. The number of unbranched alkanes of at least 4 members (excludes halogenated alkanes) is 3. The summed E-state index contributed by atoms with van der Waals surface area (Å²) in [6.07, 6.45) is 5.80. The normalized spacial score (nSPS) is 12.0. The average molecular weight is 531 g/mol. The van der Waals surface area contributed by atoms with E-state index in [4.69, 9.17) is 4.74 Å². The molecule has 0 amide bonds. The van der Waals surface area contributed by atoms with Crippen LogP contribution in [-0.2, 0) is 0 Å². The molecule has 0 aromatic heterocycles. The van der Waals surface area contributed by atoms with Gasteiger partial charge in [0.05, 0.1) is 6.10 Å². The van der Waals surface area contributed by atoms with Crippen LogP contribution in [0.1, 0.15) is 62.6 Å². The van der Waals surface area contributed by atoms with E-state index < -0.39 is 17.5 Å². The standard InChI is InChI=1S/C35H37F3O/c1-6-7-8-9-10-25(5)39-35-23(3)19-28(20-24(35)4)29-17-18-31(34(38)33(29)37)30-16-15-27(21-32(30)36)26-13-11-22(2)12-14-26/h11-21,25H,6-10H2,1-5H3/t25-/m0/s1. The molecule has 0 aliphatic heterocycles. The van der Waals surface area contributed by atoms with E-state index >= 15 is 13.2 Å². The van der Waals surface area contributed by atoms with Crippen molar-refractivity contribution in [3.05, 3.63) is 101 Å². The van der Waals surface area contributed by atoms with E-state index in [0.717, 1.165) is 40.8 Å². The molecule has 0 aliphatic carbocycles. The molecule has 4 rings (SSSR count). The second-order valence-corrected chi connectivity index (χ2v) is 10.6. The van der Waals surface area contributed by atoms with Gasteiger partial charge in [-0.3, -0.25) is 0 Å². The van der Waals surface area contributed by atoms with Gasteiger partial charge in [0.1, 0.15) is 11.6 Å². The molecule has 0 N–H and O–H groups in total. The van der Waals surface area contributed by atoms with Gasteiger partial charge >= 0.3 is 0 Å². The minimum Gasteiger partial charge on any atom is -0.490 e. The zero-order valence-electron chi connectivity index (χ0n) is 23.5. The second-order valence-electron chi connectivity index (χ2n) is 10.6. The SMILES string of the molecule is CCCCCC[C@H](C)Oc1c(C)cc(-c2ccc(-c3ccc(-c4ccc(C)cc4)cc3F)c(F)c2F)cc1C. The maximum atomic E-state index is 15.4. The Labute approximate surface area is 230 Å². The van der Waals surface area contributed by atoms with Crippen LogP contribution in [0.3, 0.4) is 0 Å². The summed E-state index contributed by atoms with van der Waals surface area (Å²) in [5.41, 5.74) is 5.00. The van der Waals surface area contributed by atoms with Crippen LogP contribution in [0.2, 0.25) is 0 Å². The minimum atomic E-state index is -1.06. The number of benzene rings is 4. The van der Waals surface area contributed by atoms with Crippen LogP contribution in [0.25, 0.3) is 33.4 Å². The average Bonchev–Trinajstić information content (AvgIpc) is 2.91. The predicted molar refractivity (Wildman–Crippen MR) is 156 cm³/mol. The van der Waals surface area contributed by atoms with Crippen molar-refractivity contribution in [3.8, 4) is 39.1 Å². The minimum absolute atomic E-state index is 0.0258. The Morgan fingerprint density at radius 2 is 1.23 bits per heavy atom. The molecule has 0 unspecified atom stereocenters. The summed E-state index contributed by atoms with van der Waals surface area (Å²) >= 11 is 0. The summed E-state index contributed by atoms with van der Waals surface area (Å²) in [6.45, 7) is 10.1. The third-order valence-electron chi connectivity index (χ3n) is 7.28. The lowest BCUT2D eigenvalue weighted by atomic mass is 9.95. The number of rotatable bonds is 10. The fraction of sp³-hybridized carbons (Fsp3) is 0.314. The molecule has 0 bridgehead atoms. The number of hydrogen-bond donors (Lipinski definition) is 0. The van der Waals surface area contributed by atoms with Gasteiger partial charge in [0.15, 0.2) is 11.6 Å². The molecule has 1 atom stereocenters. The smallest absolute Gasteiger partial charge is 0.167 e. The third kappa shape index (κ3) is 6.55. The Morgan fingerprint density at radius 3 is 1.87 bits per heavy atom. The van der Waals surface area contributed by atoms with Crippen molar-refractivity contribution in [2.45, 2.75) is 72.8 Å². The first-order chi connectivity index (χ1) is 18.7. The largest absolute Gasteiger partial charge is 0.490 e. The number of aryl methyl sites for hydroxylation is 3. The molecular weight excluding hydrogens is 493 g/mol. The van der Waals surface area contributed by atoms with Gasteiger partial charge in [-0.05, 0) is 86.6 Å². The van der Waals surface area contributed by atoms with E-state index in [1.54, 1.807) is 6.07 Å². The lowest BCUT2D eigenvalue weighted by Crippen LogP contribution is -2.13. The Balaban J connectivity index is 1.58. The van der Waals surface area contributed by atoms with Gasteiger partial charge in [0, 0.05) is 16.7 Å². The van der Waals surface area contributed by atoms with Crippen molar-refractivity contribution in [3.63, 3.8) is 0 Å². The number of ether oxygens (including phenoxy) is 1.